The Morgan fingerprint density at radius 3 is 2.95 bits per heavy atom. The first kappa shape index (κ1) is 11.3. The third-order valence-electron chi connectivity index (χ3n) is 2.84. The summed E-state index contributed by atoms with van der Waals surface area (Å²) in [4.78, 5) is 13.9. The Balaban J connectivity index is 2.12. The first-order chi connectivity index (χ1) is 9.19. The molecule has 0 saturated heterocycles. The molecule has 0 radical (unpaired) electrons. The van der Waals surface area contributed by atoms with Crippen LogP contribution in [0.3, 0.4) is 0 Å². The Kier molecular flexibility index (Phi) is 2.49. The van der Waals surface area contributed by atoms with Crippen LogP contribution in [0.1, 0.15) is 10.5 Å². The van der Waals surface area contributed by atoms with Gasteiger partial charge in [-0.25, -0.2) is 4.79 Å². The second-order valence-corrected chi connectivity index (χ2v) is 3.99. The number of hydrogen-bond acceptors (Lipinski definition) is 4. The van der Waals surface area contributed by atoms with Crippen molar-refractivity contribution in [3.8, 4) is 17.2 Å². The molecule has 0 saturated carbocycles. The number of carboxylic acid groups (broad SMARTS) is 1. The molecule has 0 aliphatic rings. The fourth-order valence-corrected chi connectivity index (χ4v) is 1.94. The third kappa shape index (κ3) is 1.83. The molecule has 6 heteroatoms. The highest BCUT2D eigenvalue weighted by atomic mass is 16.5. The van der Waals surface area contributed by atoms with E-state index in [9.17, 15) is 4.79 Å². The highest BCUT2D eigenvalue weighted by Gasteiger charge is 2.14. The number of fused-ring (bicyclic) bond motifs is 1. The van der Waals surface area contributed by atoms with Gasteiger partial charge in [0, 0.05) is 17.0 Å². The van der Waals surface area contributed by atoms with Crippen LogP contribution in [-0.4, -0.2) is 28.3 Å². The lowest BCUT2D eigenvalue weighted by Gasteiger charge is -1.99. The molecule has 0 aliphatic carbocycles. The highest BCUT2D eigenvalue weighted by Crippen LogP contribution is 2.30. The number of H-pyrrole nitrogens is 1. The van der Waals surface area contributed by atoms with E-state index in [1.54, 1.807) is 7.11 Å². The Hall–Kier alpha value is -2.76. The lowest BCUT2D eigenvalue weighted by atomic mass is 10.2. The first-order valence-corrected chi connectivity index (χ1v) is 5.55. The number of aromatic amines is 1. The highest BCUT2D eigenvalue weighted by molar-refractivity contribution is 5.91. The molecule has 3 aromatic rings. The number of aromatic nitrogens is 2. The van der Waals surface area contributed by atoms with Gasteiger partial charge in [-0.05, 0) is 18.2 Å². The number of ether oxygens (including phenoxy) is 1. The van der Waals surface area contributed by atoms with Crippen molar-refractivity contribution in [3.63, 3.8) is 0 Å². The summed E-state index contributed by atoms with van der Waals surface area (Å²) in [5.74, 6) is -0.0164. The van der Waals surface area contributed by atoms with Gasteiger partial charge in [0.2, 0.25) is 0 Å². The van der Waals surface area contributed by atoms with Gasteiger partial charge >= 0.3 is 5.97 Å². The van der Waals surface area contributed by atoms with Gasteiger partial charge in [0.05, 0.1) is 12.8 Å². The van der Waals surface area contributed by atoms with Crippen LogP contribution >= 0.6 is 0 Å². The first-order valence-electron chi connectivity index (χ1n) is 5.55. The molecule has 0 aliphatic heterocycles. The molecule has 0 amide bonds. The number of hydrogen-bond donors (Lipinski definition) is 2. The van der Waals surface area contributed by atoms with E-state index in [-0.39, 0.29) is 5.69 Å². The van der Waals surface area contributed by atoms with Crippen molar-refractivity contribution in [1.29, 1.82) is 0 Å². The lowest BCUT2D eigenvalue weighted by Crippen LogP contribution is -1.94. The molecule has 19 heavy (non-hydrogen) atoms. The second-order valence-electron chi connectivity index (χ2n) is 3.99. The topological polar surface area (TPSA) is 88.4 Å². The lowest BCUT2D eigenvalue weighted by molar-refractivity contribution is 0.0686. The van der Waals surface area contributed by atoms with E-state index in [0.717, 1.165) is 16.7 Å². The molecule has 2 heterocycles. The largest absolute Gasteiger partial charge is 0.496 e. The standard InChI is InChI=1S/C13H10N2O4/c1-18-11-4-2-3-8-7(11)5-9(14-8)12-6-10(13(16)17)15-19-12/h2-6,14H,1H3,(H,16,17). The van der Waals surface area contributed by atoms with Gasteiger partial charge in [0.1, 0.15) is 5.75 Å². The van der Waals surface area contributed by atoms with Crippen LogP contribution in [0.15, 0.2) is 34.9 Å². The normalized spacial score (nSPS) is 10.8. The van der Waals surface area contributed by atoms with Crippen molar-refractivity contribution >= 4 is 16.9 Å². The van der Waals surface area contributed by atoms with Crippen molar-refractivity contribution in [2.75, 3.05) is 7.11 Å². The Morgan fingerprint density at radius 1 is 1.42 bits per heavy atom. The molecule has 0 atom stereocenters. The van der Waals surface area contributed by atoms with Crippen LogP contribution < -0.4 is 4.74 Å². The van der Waals surface area contributed by atoms with Crippen LogP contribution in [0.25, 0.3) is 22.4 Å². The molecule has 2 aromatic heterocycles. The van der Waals surface area contributed by atoms with Gasteiger partial charge in [-0.3, -0.25) is 0 Å². The van der Waals surface area contributed by atoms with Crippen molar-refractivity contribution in [3.05, 3.63) is 36.0 Å². The molecular weight excluding hydrogens is 248 g/mol. The summed E-state index contributed by atoms with van der Waals surface area (Å²) in [6.45, 7) is 0. The van der Waals surface area contributed by atoms with E-state index < -0.39 is 5.97 Å². The summed E-state index contributed by atoms with van der Waals surface area (Å²) in [5.41, 5.74) is 1.41. The molecule has 6 nitrogen and oxygen atoms in total. The summed E-state index contributed by atoms with van der Waals surface area (Å²) in [7, 11) is 1.60. The third-order valence-corrected chi connectivity index (χ3v) is 2.84. The maximum atomic E-state index is 10.8. The zero-order chi connectivity index (χ0) is 13.4. The number of nitrogens with one attached hydrogen (secondary N) is 1. The van der Waals surface area contributed by atoms with Crippen LogP contribution in [0.4, 0.5) is 0 Å². The Labute approximate surface area is 107 Å². The minimum Gasteiger partial charge on any atom is -0.496 e. The maximum Gasteiger partial charge on any atom is 0.358 e. The Bertz CT molecular complexity index is 757. The molecule has 0 fully saturated rings. The molecule has 0 bridgehead atoms. The zero-order valence-electron chi connectivity index (χ0n) is 10.0. The Morgan fingerprint density at radius 2 is 2.26 bits per heavy atom. The fraction of sp³-hybridized carbons (Fsp3) is 0.0769. The minimum absolute atomic E-state index is 0.124. The molecule has 1 aromatic carbocycles. The number of rotatable bonds is 3. The van der Waals surface area contributed by atoms with E-state index in [1.807, 2.05) is 24.3 Å². The van der Waals surface area contributed by atoms with Gasteiger partial charge in [-0.1, -0.05) is 11.2 Å². The summed E-state index contributed by atoms with van der Waals surface area (Å²) >= 11 is 0. The quantitative estimate of drug-likeness (QED) is 0.753. The fourth-order valence-electron chi connectivity index (χ4n) is 1.94. The van der Waals surface area contributed by atoms with Crippen LogP contribution in [-0.2, 0) is 0 Å². The van der Waals surface area contributed by atoms with E-state index in [0.29, 0.717) is 11.5 Å². The SMILES string of the molecule is COc1cccc2[nH]c(-c3cc(C(=O)O)no3)cc12. The molecule has 0 unspecified atom stereocenters. The van der Waals surface area contributed by atoms with Crippen LogP contribution in [0.5, 0.6) is 5.75 Å². The molecule has 96 valence electrons. The maximum absolute atomic E-state index is 10.8. The van der Waals surface area contributed by atoms with Crippen molar-refractivity contribution in [1.82, 2.24) is 10.1 Å². The summed E-state index contributed by atoms with van der Waals surface area (Å²) in [6, 6.07) is 8.82. The van der Waals surface area contributed by atoms with Gasteiger partial charge in [0.25, 0.3) is 0 Å². The van der Waals surface area contributed by atoms with E-state index in [1.165, 1.54) is 6.07 Å². The van der Waals surface area contributed by atoms with E-state index in [4.69, 9.17) is 14.4 Å². The summed E-state index contributed by atoms with van der Waals surface area (Å²) in [6.07, 6.45) is 0. The predicted octanol–water partition coefficient (Wildman–Crippen LogP) is 2.53. The van der Waals surface area contributed by atoms with Crippen molar-refractivity contribution in [2.45, 2.75) is 0 Å². The number of nitrogens with zero attached hydrogens (tertiary/aromatic N) is 1. The van der Waals surface area contributed by atoms with Crippen molar-refractivity contribution in [2.24, 2.45) is 0 Å². The van der Waals surface area contributed by atoms with Gasteiger partial charge < -0.3 is 19.4 Å². The molecular formula is C13H10N2O4. The number of methoxy groups -OCH3 is 1. The second kappa shape index (κ2) is 4.16. The number of carboxylic acids is 1. The molecule has 3 rings (SSSR count). The predicted molar refractivity (Wildman–Crippen MR) is 67.3 cm³/mol. The average Bonchev–Trinajstić information content (AvgIpc) is 3.04. The number of aromatic carboxylic acids is 1. The molecule has 2 N–H and O–H groups in total. The summed E-state index contributed by atoms with van der Waals surface area (Å²) in [5, 5.41) is 13.2. The van der Waals surface area contributed by atoms with Gasteiger partial charge in [-0.15, -0.1) is 0 Å². The molecule has 0 spiro atoms. The zero-order valence-corrected chi connectivity index (χ0v) is 10.0. The van der Waals surface area contributed by atoms with Crippen LogP contribution in [0.2, 0.25) is 0 Å². The average molecular weight is 258 g/mol. The van der Waals surface area contributed by atoms with E-state index >= 15 is 0 Å². The number of benzene rings is 1. The number of carbonyl (C=O) groups is 1. The van der Waals surface area contributed by atoms with Crippen molar-refractivity contribution < 1.29 is 19.2 Å². The summed E-state index contributed by atoms with van der Waals surface area (Å²) < 4.78 is 10.3. The van der Waals surface area contributed by atoms with Crippen LogP contribution in [0, 0.1) is 0 Å². The van der Waals surface area contributed by atoms with Gasteiger partial charge in [-0.2, -0.15) is 0 Å². The van der Waals surface area contributed by atoms with E-state index in [2.05, 4.69) is 10.1 Å². The van der Waals surface area contributed by atoms with Gasteiger partial charge in [0.15, 0.2) is 11.5 Å². The smallest absolute Gasteiger partial charge is 0.358 e. The minimum atomic E-state index is -1.12. The monoisotopic (exact) mass is 258 g/mol.